The van der Waals surface area contributed by atoms with E-state index in [1.54, 1.807) is 37.9 Å². The molecule has 28 heavy (non-hydrogen) atoms. The van der Waals surface area contributed by atoms with E-state index in [9.17, 15) is 9.59 Å². The molecule has 1 fully saturated rings. The third kappa shape index (κ3) is 2.88. The number of carbonyl (C=O) groups excluding carboxylic acids is 2. The molecule has 4 rings (SSSR count). The Labute approximate surface area is 162 Å². The number of amides is 2. The van der Waals surface area contributed by atoms with Crippen LogP contribution in [0.3, 0.4) is 0 Å². The summed E-state index contributed by atoms with van der Waals surface area (Å²) in [4.78, 5) is 41.3. The van der Waals surface area contributed by atoms with E-state index < -0.39 is 0 Å². The molecule has 144 valence electrons. The van der Waals surface area contributed by atoms with Crippen molar-refractivity contribution in [3.05, 3.63) is 53.5 Å². The smallest absolute Gasteiger partial charge is 0.258 e. The van der Waals surface area contributed by atoms with Crippen molar-refractivity contribution in [2.24, 2.45) is 0 Å². The summed E-state index contributed by atoms with van der Waals surface area (Å²) in [6, 6.07) is 1.70. The van der Waals surface area contributed by atoms with E-state index in [4.69, 9.17) is 0 Å². The van der Waals surface area contributed by atoms with E-state index in [1.807, 2.05) is 11.0 Å². The molecular formula is C19H21N7O2. The minimum atomic E-state index is -0.156. The van der Waals surface area contributed by atoms with Gasteiger partial charge >= 0.3 is 0 Å². The highest BCUT2D eigenvalue weighted by atomic mass is 16.2. The minimum absolute atomic E-state index is 0.0951. The SMILES string of the molecule is Cc1ncncc1C(=O)N1CCC[C@@H]1c1ccnc2c(C(=O)N(C)C)cnn12. The van der Waals surface area contributed by atoms with Gasteiger partial charge in [0, 0.05) is 33.0 Å². The van der Waals surface area contributed by atoms with Gasteiger partial charge in [-0.15, -0.1) is 0 Å². The fourth-order valence-corrected chi connectivity index (χ4v) is 3.63. The zero-order valence-electron chi connectivity index (χ0n) is 16.0. The first-order valence-corrected chi connectivity index (χ1v) is 9.11. The van der Waals surface area contributed by atoms with Gasteiger partial charge in [0.25, 0.3) is 11.8 Å². The molecule has 3 aromatic rings. The average Bonchev–Trinajstić information content (AvgIpc) is 3.34. The molecule has 1 aliphatic heterocycles. The zero-order valence-corrected chi connectivity index (χ0v) is 16.0. The second kappa shape index (κ2) is 6.99. The lowest BCUT2D eigenvalue weighted by molar-refractivity contribution is 0.0729. The molecule has 9 nitrogen and oxygen atoms in total. The van der Waals surface area contributed by atoms with Gasteiger partial charge in [-0.05, 0) is 25.8 Å². The summed E-state index contributed by atoms with van der Waals surface area (Å²) < 4.78 is 1.67. The van der Waals surface area contributed by atoms with E-state index in [2.05, 4.69) is 20.1 Å². The summed E-state index contributed by atoms with van der Waals surface area (Å²) in [7, 11) is 3.38. The molecule has 0 bridgehead atoms. The molecule has 0 saturated carbocycles. The summed E-state index contributed by atoms with van der Waals surface area (Å²) in [5, 5.41) is 4.39. The second-order valence-corrected chi connectivity index (χ2v) is 7.04. The van der Waals surface area contributed by atoms with Crippen LogP contribution < -0.4 is 0 Å². The van der Waals surface area contributed by atoms with Crippen LogP contribution in [0.1, 0.15) is 51.0 Å². The van der Waals surface area contributed by atoms with Crippen molar-refractivity contribution >= 4 is 17.5 Å². The van der Waals surface area contributed by atoms with Gasteiger partial charge in [-0.2, -0.15) is 5.10 Å². The number of aromatic nitrogens is 5. The van der Waals surface area contributed by atoms with Crippen molar-refractivity contribution in [1.29, 1.82) is 0 Å². The van der Waals surface area contributed by atoms with E-state index in [1.165, 1.54) is 17.4 Å². The number of likely N-dealkylation sites (tertiary alicyclic amines) is 1. The predicted octanol–water partition coefficient (Wildman–Crippen LogP) is 1.51. The van der Waals surface area contributed by atoms with Crippen LogP contribution in [-0.2, 0) is 0 Å². The van der Waals surface area contributed by atoms with E-state index in [0.29, 0.717) is 29.0 Å². The van der Waals surface area contributed by atoms with E-state index in [-0.39, 0.29) is 17.9 Å². The minimum Gasteiger partial charge on any atom is -0.345 e. The number of hydrogen-bond donors (Lipinski definition) is 0. The van der Waals surface area contributed by atoms with Gasteiger partial charge in [0.05, 0.1) is 29.2 Å². The van der Waals surface area contributed by atoms with Gasteiger partial charge in [-0.1, -0.05) is 0 Å². The molecule has 0 N–H and O–H groups in total. The van der Waals surface area contributed by atoms with Gasteiger partial charge in [0.2, 0.25) is 0 Å². The highest BCUT2D eigenvalue weighted by Gasteiger charge is 2.33. The number of rotatable bonds is 3. The normalized spacial score (nSPS) is 16.5. The molecule has 2 amide bonds. The lowest BCUT2D eigenvalue weighted by atomic mass is 10.1. The lowest BCUT2D eigenvalue weighted by Gasteiger charge is -2.25. The summed E-state index contributed by atoms with van der Waals surface area (Å²) >= 11 is 0. The van der Waals surface area contributed by atoms with Gasteiger partial charge in [0.15, 0.2) is 5.65 Å². The average molecular weight is 379 g/mol. The molecule has 0 radical (unpaired) electrons. The largest absolute Gasteiger partial charge is 0.345 e. The number of fused-ring (bicyclic) bond motifs is 1. The van der Waals surface area contributed by atoms with E-state index in [0.717, 1.165) is 18.5 Å². The molecule has 0 unspecified atom stereocenters. The zero-order chi connectivity index (χ0) is 19.8. The molecule has 0 spiro atoms. The van der Waals surface area contributed by atoms with Crippen LogP contribution in [-0.4, -0.2) is 66.8 Å². The Morgan fingerprint density at radius 3 is 2.75 bits per heavy atom. The second-order valence-electron chi connectivity index (χ2n) is 7.04. The molecule has 1 aliphatic rings. The van der Waals surface area contributed by atoms with E-state index >= 15 is 0 Å². The van der Waals surface area contributed by atoms with Crippen LogP contribution in [0, 0.1) is 6.92 Å². The van der Waals surface area contributed by atoms with Crippen molar-refractivity contribution in [3.8, 4) is 0 Å². The van der Waals surface area contributed by atoms with Gasteiger partial charge < -0.3 is 9.80 Å². The molecule has 3 aromatic heterocycles. The Bertz CT molecular complexity index is 1060. The molecule has 0 aromatic carbocycles. The van der Waals surface area contributed by atoms with Crippen LogP contribution in [0.4, 0.5) is 0 Å². The van der Waals surface area contributed by atoms with Gasteiger partial charge in [-0.3, -0.25) is 9.59 Å². The first kappa shape index (κ1) is 18.0. The predicted molar refractivity (Wildman–Crippen MR) is 101 cm³/mol. The molecule has 9 heteroatoms. The topological polar surface area (TPSA) is 96.6 Å². The molecule has 1 saturated heterocycles. The van der Waals surface area contributed by atoms with Crippen LogP contribution in [0.2, 0.25) is 0 Å². The Balaban J connectivity index is 1.74. The standard InChI is InChI=1S/C19H21N7O2/c1-12-13(9-20-11-22-12)19(28)25-8-4-5-15(25)16-6-7-21-17-14(10-23-26(16)17)18(27)24(2)3/h6-7,9-11,15H,4-5,8H2,1-3H3/t15-/m1/s1. The number of nitrogens with zero attached hydrogens (tertiary/aromatic N) is 7. The van der Waals surface area contributed by atoms with Crippen molar-refractivity contribution in [3.63, 3.8) is 0 Å². The van der Waals surface area contributed by atoms with Crippen LogP contribution in [0.25, 0.3) is 5.65 Å². The fourth-order valence-electron chi connectivity index (χ4n) is 3.63. The van der Waals surface area contributed by atoms with Crippen LogP contribution in [0.5, 0.6) is 0 Å². The monoisotopic (exact) mass is 379 g/mol. The van der Waals surface area contributed by atoms with Crippen molar-refractivity contribution in [2.45, 2.75) is 25.8 Å². The van der Waals surface area contributed by atoms with Crippen LogP contribution in [0.15, 0.2) is 31.0 Å². The van der Waals surface area contributed by atoms with Gasteiger partial charge in [-0.25, -0.2) is 19.5 Å². The number of aryl methyl sites for hydroxylation is 1. The summed E-state index contributed by atoms with van der Waals surface area (Å²) in [6.45, 7) is 2.45. The first-order valence-electron chi connectivity index (χ1n) is 9.11. The highest BCUT2D eigenvalue weighted by molar-refractivity contribution is 5.99. The fraction of sp³-hybridized carbons (Fsp3) is 0.368. The number of hydrogen-bond acceptors (Lipinski definition) is 6. The Morgan fingerprint density at radius 2 is 2.00 bits per heavy atom. The van der Waals surface area contributed by atoms with Gasteiger partial charge in [0.1, 0.15) is 11.9 Å². The van der Waals surface area contributed by atoms with Crippen molar-refractivity contribution in [1.82, 2.24) is 34.4 Å². The maximum absolute atomic E-state index is 13.1. The first-order chi connectivity index (χ1) is 13.5. The molecular weight excluding hydrogens is 358 g/mol. The molecule has 4 heterocycles. The van der Waals surface area contributed by atoms with Crippen LogP contribution >= 0.6 is 0 Å². The summed E-state index contributed by atoms with van der Waals surface area (Å²) in [6.07, 6.45) is 7.89. The number of carbonyl (C=O) groups is 2. The Hall–Kier alpha value is -3.36. The highest BCUT2D eigenvalue weighted by Crippen LogP contribution is 2.33. The maximum atomic E-state index is 13.1. The Kier molecular flexibility index (Phi) is 4.50. The maximum Gasteiger partial charge on any atom is 0.258 e. The van der Waals surface area contributed by atoms with Crippen molar-refractivity contribution < 1.29 is 9.59 Å². The third-order valence-electron chi connectivity index (χ3n) is 5.06. The molecule has 1 atom stereocenters. The quantitative estimate of drug-likeness (QED) is 0.684. The molecule has 0 aliphatic carbocycles. The third-order valence-corrected chi connectivity index (χ3v) is 5.06. The summed E-state index contributed by atoms with van der Waals surface area (Å²) in [5.74, 6) is -0.252. The lowest BCUT2D eigenvalue weighted by Crippen LogP contribution is -2.32. The van der Waals surface area contributed by atoms with Crippen molar-refractivity contribution in [2.75, 3.05) is 20.6 Å². The summed E-state index contributed by atoms with van der Waals surface area (Å²) in [5.41, 5.74) is 2.93. The Morgan fingerprint density at radius 1 is 1.18 bits per heavy atom.